The maximum atomic E-state index is 10.5. The summed E-state index contributed by atoms with van der Waals surface area (Å²) in [5.41, 5.74) is 0. The number of rotatable bonds is 13. The number of ether oxygens (including phenoxy) is 1. The molecule has 0 unspecified atom stereocenters. The molecule has 2 aliphatic heterocycles. The Hall–Kier alpha value is -0.740. The van der Waals surface area contributed by atoms with Gasteiger partial charge in [-0.15, -0.1) is 6.58 Å². The first-order valence-electron chi connectivity index (χ1n) is 9.43. The Labute approximate surface area is 150 Å². The zero-order chi connectivity index (χ0) is 17.2. The van der Waals surface area contributed by atoms with Gasteiger partial charge in [0.15, 0.2) is 0 Å². The monoisotopic (exact) mass is 352 g/mol. The first-order valence-corrected chi connectivity index (χ1v) is 10.6. The number of aliphatic carboxylic acids is 1. The van der Waals surface area contributed by atoms with Crippen molar-refractivity contribution >= 4 is 17.7 Å². The summed E-state index contributed by atoms with van der Waals surface area (Å²) in [5, 5.41) is 8.65. The lowest BCUT2D eigenvalue weighted by molar-refractivity contribution is -0.137. The molecule has 0 aromatic rings. The molecule has 0 saturated carbocycles. The van der Waals surface area contributed by atoms with Crippen LogP contribution in [0.15, 0.2) is 24.8 Å². The van der Waals surface area contributed by atoms with Crippen molar-refractivity contribution in [1.82, 2.24) is 0 Å². The summed E-state index contributed by atoms with van der Waals surface area (Å²) < 4.78 is 6.17. The topological polar surface area (TPSA) is 46.5 Å². The fraction of sp³-hybridized carbons (Fsp3) is 0.750. The number of carboxylic acid groups (broad SMARTS) is 1. The molecule has 0 aromatic carbocycles. The Morgan fingerprint density at radius 3 is 2.67 bits per heavy atom. The lowest BCUT2D eigenvalue weighted by atomic mass is 9.76. The molecule has 4 atom stereocenters. The first-order chi connectivity index (χ1) is 11.7. The van der Waals surface area contributed by atoms with Crippen LogP contribution in [0.3, 0.4) is 0 Å². The van der Waals surface area contributed by atoms with Crippen LogP contribution in [-0.4, -0.2) is 34.8 Å². The van der Waals surface area contributed by atoms with E-state index >= 15 is 0 Å². The third-order valence-corrected chi connectivity index (χ3v) is 6.32. The Morgan fingerprint density at radius 2 is 1.92 bits per heavy atom. The average molecular weight is 353 g/mol. The summed E-state index contributed by atoms with van der Waals surface area (Å²) in [6, 6.07) is 0. The smallest absolute Gasteiger partial charge is 0.303 e. The minimum Gasteiger partial charge on any atom is -0.481 e. The van der Waals surface area contributed by atoms with Crippen molar-refractivity contribution in [1.29, 1.82) is 0 Å². The van der Waals surface area contributed by atoms with Crippen molar-refractivity contribution in [2.24, 2.45) is 11.8 Å². The van der Waals surface area contributed by atoms with Gasteiger partial charge in [-0.3, -0.25) is 4.79 Å². The Balaban J connectivity index is 1.66. The van der Waals surface area contributed by atoms with Crippen molar-refractivity contribution in [3.8, 4) is 0 Å². The highest BCUT2D eigenvalue weighted by Gasteiger charge is 2.47. The molecule has 136 valence electrons. The summed E-state index contributed by atoms with van der Waals surface area (Å²) in [6.45, 7) is 3.77. The second-order valence-electron chi connectivity index (χ2n) is 6.94. The first kappa shape index (κ1) is 19.6. The second kappa shape index (κ2) is 11.0. The molecule has 2 saturated heterocycles. The molecule has 2 heterocycles. The number of allylic oxidation sites excluding steroid dienone is 3. The zero-order valence-corrected chi connectivity index (χ0v) is 15.5. The van der Waals surface area contributed by atoms with Crippen LogP contribution >= 0.6 is 11.8 Å². The fourth-order valence-corrected chi connectivity index (χ4v) is 5.00. The summed E-state index contributed by atoms with van der Waals surface area (Å²) in [4.78, 5) is 10.5. The van der Waals surface area contributed by atoms with Gasteiger partial charge in [0.1, 0.15) is 0 Å². The molecule has 24 heavy (non-hydrogen) atoms. The standard InChI is InChI=1S/C20H32O3S/c1-2-3-8-14-24-15-13-17-16(18-11-12-19(17)23-18)9-6-4-5-7-10-20(21)22/h2,4,6,16-19H,1,3,5,7-15H2,(H,21,22)/b6-4-/t16-,17-,18-,19+/m1/s1. The third kappa shape index (κ3) is 6.29. The molecule has 2 rings (SSSR count). The van der Waals surface area contributed by atoms with Crippen molar-refractivity contribution in [2.75, 3.05) is 11.5 Å². The number of unbranched alkanes of at least 4 members (excludes halogenated alkanes) is 2. The van der Waals surface area contributed by atoms with E-state index in [2.05, 4.69) is 30.5 Å². The molecular weight excluding hydrogens is 320 g/mol. The molecule has 0 spiro atoms. The van der Waals surface area contributed by atoms with Gasteiger partial charge in [0.2, 0.25) is 0 Å². The maximum absolute atomic E-state index is 10.5. The minimum absolute atomic E-state index is 0.271. The molecular formula is C20H32O3S. The van der Waals surface area contributed by atoms with Crippen LogP contribution in [0.4, 0.5) is 0 Å². The predicted molar refractivity (Wildman–Crippen MR) is 101 cm³/mol. The number of hydrogen-bond donors (Lipinski definition) is 1. The minimum atomic E-state index is -0.699. The zero-order valence-electron chi connectivity index (χ0n) is 14.7. The number of fused-ring (bicyclic) bond motifs is 2. The van der Waals surface area contributed by atoms with Gasteiger partial charge in [0.25, 0.3) is 0 Å². The number of thioether (sulfide) groups is 1. The van der Waals surface area contributed by atoms with E-state index in [1.807, 2.05) is 6.08 Å². The molecule has 2 bridgehead atoms. The Bertz CT molecular complexity index is 421. The molecule has 0 aliphatic carbocycles. The van der Waals surface area contributed by atoms with Crippen LogP contribution in [0.1, 0.15) is 57.8 Å². The fourth-order valence-electron chi connectivity index (χ4n) is 3.99. The van der Waals surface area contributed by atoms with E-state index < -0.39 is 5.97 Å². The van der Waals surface area contributed by atoms with Gasteiger partial charge in [-0.1, -0.05) is 18.2 Å². The average Bonchev–Trinajstić information content (AvgIpc) is 3.15. The third-order valence-electron chi connectivity index (χ3n) is 5.22. The molecule has 2 aliphatic rings. The Kier molecular flexibility index (Phi) is 8.97. The highest BCUT2D eigenvalue weighted by Crippen LogP contribution is 2.47. The van der Waals surface area contributed by atoms with E-state index in [1.165, 1.54) is 37.2 Å². The molecule has 0 amide bonds. The van der Waals surface area contributed by atoms with Gasteiger partial charge in [0, 0.05) is 6.42 Å². The van der Waals surface area contributed by atoms with Gasteiger partial charge in [-0.2, -0.15) is 11.8 Å². The second-order valence-corrected chi connectivity index (χ2v) is 8.17. The summed E-state index contributed by atoms with van der Waals surface area (Å²) in [6.07, 6.45) is 16.5. The summed E-state index contributed by atoms with van der Waals surface area (Å²) in [7, 11) is 0. The van der Waals surface area contributed by atoms with E-state index in [0.717, 1.165) is 31.6 Å². The summed E-state index contributed by atoms with van der Waals surface area (Å²) >= 11 is 2.07. The van der Waals surface area contributed by atoms with E-state index in [0.29, 0.717) is 18.1 Å². The molecule has 3 nitrogen and oxygen atoms in total. The van der Waals surface area contributed by atoms with Crippen molar-refractivity contribution < 1.29 is 14.6 Å². The highest BCUT2D eigenvalue weighted by atomic mass is 32.2. The van der Waals surface area contributed by atoms with Crippen LogP contribution in [0.25, 0.3) is 0 Å². The van der Waals surface area contributed by atoms with Crippen LogP contribution in [0.2, 0.25) is 0 Å². The van der Waals surface area contributed by atoms with Crippen LogP contribution in [-0.2, 0) is 9.53 Å². The number of carboxylic acids is 1. The molecule has 0 radical (unpaired) electrons. The Morgan fingerprint density at radius 1 is 1.12 bits per heavy atom. The molecule has 0 aromatic heterocycles. The summed E-state index contributed by atoms with van der Waals surface area (Å²) in [5.74, 6) is 3.18. The van der Waals surface area contributed by atoms with E-state index in [1.54, 1.807) is 0 Å². The predicted octanol–water partition coefficient (Wildman–Crippen LogP) is 5.07. The van der Waals surface area contributed by atoms with Crippen LogP contribution in [0, 0.1) is 11.8 Å². The van der Waals surface area contributed by atoms with Gasteiger partial charge in [-0.25, -0.2) is 0 Å². The van der Waals surface area contributed by atoms with Crippen LogP contribution < -0.4 is 0 Å². The molecule has 2 fully saturated rings. The number of carbonyl (C=O) groups is 1. The van der Waals surface area contributed by atoms with Gasteiger partial charge >= 0.3 is 5.97 Å². The van der Waals surface area contributed by atoms with Crippen molar-refractivity contribution in [2.45, 2.75) is 70.0 Å². The van der Waals surface area contributed by atoms with Crippen LogP contribution in [0.5, 0.6) is 0 Å². The van der Waals surface area contributed by atoms with Gasteiger partial charge < -0.3 is 9.84 Å². The maximum Gasteiger partial charge on any atom is 0.303 e. The normalized spacial score (nSPS) is 28.7. The highest BCUT2D eigenvalue weighted by molar-refractivity contribution is 7.99. The number of hydrogen-bond acceptors (Lipinski definition) is 3. The van der Waals surface area contributed by atoms with E-state index in [9.17, 15) is 4.79 Å². The quantitative estimate of drug-likeness (QED) is 0.371. The van der Waals surface area contributed by atoms with E-state index in [-0.39, 0.29) is 6.42 Å². The van der Waals surface area contributed by atoms with Crippen molar-refractivity contribution in [3.63, 3.8) is 0 Å². The van der Waals surface area contributed by atoms with E-state index in [4.69, 9.17) is 9.84 Å². The SMILES string of the molecule is C=CCCCSCC[C@@H]1[C@@H](C/C=C\CCCC(=O)O)[C@H]2CC[C@@H]1O2. The lowest BCUT2D eigenvalue weighted by Gasteiger charge is -2.27. The van der Waals surface area contributed by atoms with Gasteiger partial charge in [0.05, 0.1) is 12.2 Å². The van der Waals surface area contributed by atoms with Gasteiger partial charge in [-0.05, 0) is 74.7 Å². The largest absolute Gasteiger partial charge is 0.481 e. The molecule has 4 heteroatoms. The van der Waals surface area contributed by atoms with Crippen molar-refractivity contribution in [3.05, 3.63) is 24.8 Å². The molecule has 1 N–H and O–H groups in total. The lowest BCUT2D eigenvalue weighted by Crippen LogP contribution is -2.27.